The number of thioether (sulfide) groups is 1. The summed E-state index contributed by atoms with van der Waals surface area (Å²) in [5.41, 5.74) is 0. The molecule has 1 aliphatic heterocycles. The van der Waals surface area contributed by atoms with Crippen LogP contribution < -0.4 is 10.6 Å². The van der Waals surface area contributed by atoms with Gasteiger partial charge in [0.25, 0.3) is 0 Å². The summed E-state index contributed by atoms with van der Waals surface area (Å²) in [7, 11) is 0. The van der Waals surface area contributed by atoms with Crippen LogP contribution >= 0.6 is 11.8 Å². The molecule has 47 heavy (non-hydrogen) atoms. The first-order valence-electron chi connectivity index (χ1n) is 16.5. The van der Waals surface area contributed by atoms with Crippen LogP contribution in [0.4, 0.5) is 4.79 Å². The second kappa shape index (κ2) is 23.8. The van der Waals surface area contributed by atoms with Gasteiger partial charge in [-0.25, -0.2) is 4.79 Å². The van der Waals surface area contributed by atoms with E-state index in [1.54, 1.807) is 0 Å². The number of amides is 4. The SMILES string of the molecule is O=C(CCN1C(=O)CC(SC2=C\C\C=C/C=C\C=C/C=C/2)C1=O)NCCOCCOCCOCCNC(=O)OC1CCC=CCCC1. The Hall–Kier alpha value is -3.45. The Morgan fingerprint density at radius 3 is 2.28 bits per heavy atom. The Labute approximate surface area is 282 Å². The van der Waals surface area contributed by atoms with E-state index in [0.717, 1.165) is 43.4 Å². The molecule has 1 saturated heterocycles. The van der Waals surface area contributed by atoms with E-state index < -0.39 is 11.3 Å². The predicted octanol–water partition coefficient (Wildman–Crippen LogP) is 4.53. The average molecular weight is 672 g/mol. The van der Waals surface area contributed by atoms with Crippen LogP contribution in [-0.4, -0.2) is 99.3 Å². The quantitative estimate of drug-likeness (QED) is 0.123. The van der Waals surface area contributed by atoms with Gasteiger partial charge in [-0.05, 0) is 44.6 Å². The summed E-state index contributed by atoms with van der Waals surface area (Å²) >= 11 is 1.38. The number of alkyl carbamates (subject to hydrolysis) is 1. The lowest BCUT2D eigenvalue weighted by molar-refractivity contribution is -0.138. The van der Waals surface area contributed by atoms with Crippen molar-refractivity contribution in [2.75, 3.05) is 59.3 Å². The molecule has 3 aliphatic rings. The maximum absolute atomic E-state index is 12.9. The number of nitrogens with zero attached hydrogens (tertiary/aromatic N) is 1. The molecule has 0 bridgehead atoms. The lowest BCUT2D eigenvalue weighted by atomic mass is 10.0. The molecule has 2 unspecified atom stereocenters. The second-order valence-corrected chi connectivity index (χ2v) is 12.2. The van der Waals surface area contributed by atoms with Gasteiger partial charge in [0.15, 0.2) is 0 Å². The van der Waals surface area contributed by atoms with Gasteiger partial charge in [0.1, 0.15) is 6.10 Å². The minimum Gasteiger partial charge on any atom is -0.446 e. The number of rotatable bonds is 18. The van der Waals surface area contributed by atoms with Gasteiger partial charge in [-0.3, -0.25) is 19.3 Å². The van der Waals surface area contributed by atoms with Crippen molar-refractivity contribution >= 4 is 35.6 Å². The molecule has 0 saturated carbocycles. The van der Waals surface area contributed by atoms with Crippen LogP contribution in [0.3, 0.4) is 0 Å². The number of imide groups is 1. The molecule has 258 valence electrons. The Bertz CT molecular complexity index is 1180. The molecule has 2 aliphatic carbocycles. The van der Waals surface area contributed by atoms with Crippen LogP contribution in [0.1, 0.15) is 51.4 Å². The van der Waals surface area contributed by atoms with E-state index in [9.17, 15) is 19.2 Å². The molecule has 0 aromatic carbocycles. The normalized spacial score (nSPS) is 23.8. The third-order valence-corrected chi connectivity index (χ3v) is 8.50. The topological polar surface area (TPSA) is 132 Å². The maximum Gasteiger partial charge on any atom is 0.407 e. The van der Waals surface area contributed by atoms with Crippen LogP contribution in [0, 0.1) is 0 Å². The third-order valence-electron chi connectivity index (χ3n) is 7.27. The molecular formula is C35H49N3O8S. The number of carbonyl (C=O) groups is 4. The fourth-order valence-corrected chi connectivity index (χ4v) is 5.95. The highest BCUT2D eigenvalue weighted by Gasteiger charge is 2.39. The number of hydrogen-bond donors (Lipinski definition) is 2. The highest BCUT2D eigenvalue weighted by atomic mass is 32.2. The molecule has 0 aromatic rings. The number of allylic oxidation sites excluding steroid dienone is 11. The summed E-state index contributed by atoms with van der Waals surface area (Å²) in [6.45, 7) is 2.96. The van der Waals surface area contributed by atoms with E-state index in [1.807, 2.05) is 54.7 Å². The molecule has 2 N–H and O–H groups in total. The largest absolute Gasteiger partial charge is 0.446 e. The molecule has 11 nitrogen and oxygen atoms in total. The number of ether oxygens (including phenoxy) is 4. The van der Waals surface area contributed by atoms with Crippen LogP contribution in [0.15, 0.2) is 71.7 Å². The molecule has 1 heterocycles. The van der Waals surface area contributed by atoms with Gasteiger partial charge in [0.2, 0.25) is 17.7 Å². The van der Waals surface area contributed by atoms with E-state index in [0.29, 0.717) is 52.7 Å². The van der Waals surface area contributed by atoms with Crippen LogP contribution in [0.2, 0.25) is 0 Å². The fourth-order valence-electron chi connectivity index (χ4n) is 4.82. The molecule has 0 radical (unpaired) electrons. The molecule has 1 fully saturated rings. The van der Waals surface area contributed by atoms with Crippen molar-refractivity contribution in [1.29, 1.82) is 0 Å². The van der Waals surface area contributed by atoms with Gasteiger partial charge in [0, 0.05) is 37.4 Å². The van der Waals surface area contributed by atoms with Gasteiger partial charge in [-0.1, -0.05) is 60.8 Å². The average Bonchev–Trinajstić information content (AvgIpc) is 3.27. The predicted molar refractivity (Wildman–Crippen MR) is 183 cm³/mol. The van der Waals surface area contributed by atoms with E-state index >= 15 is 0 Å². The minimum absolute atomic E-state index is 0.0315. The molecular weight excluding hydrogens is 622 g/mol. The van der Waals surface area contributed by atoms with Crippen LogP contribution in [0.5, 0.6) is 0 Å². The number of nitrogens with one attached hydrogen (secondary N) is 2. The summed E-state index contributed by atoms with van der Waals surface area (Å²) in [5.74, 6) is -0.762. The van der Waals surface area contributed by atoms with Crippen molar-refractivity contribution in [3.8, 4) is 0 Å². The molecule has 0 spiro atoms. The maximum atomic E-state index is 12.9. The standard InChI is InChI=1S/C35H49N3O8S/c39-32(18-21-38-33(40)28-31(34(38)41)47-30-16-12-8-3-1-2-4-9-13-17-30)36-19-22-43-24-26-45-27-25-44-23-20-37-35(42)46-29-14-10-6-5-7-11-15-29/h1-6,8-9,12,16-17,29,31H,7,10-11,13-15,18-28H2,(H,36,39)(H,37,42)/b2-1-,6-5?,8-3-,9-4-,16-12+,30-17+. The summed E-state index contributed by atoms with van der Waals surface area (Å²) in [4.78, 5) is 51.8. The first-order valence-corrected chi connectivity index (χ1v) is 17.4. The van der Waals surface area contributed by atoms with Gasteiger partial charge in [-0.2, -0.15) is 0 Å². The Morgan fingerprint density at radius 2 is 1.49 bits per heavy atom. The summed E-state index contributed by atoms with van der Waals surface area (Å²) in [6.07, 6.45) is 27.1. The van der Waals surface area contributed by atoms with E-state index in [1.165, 1.54) is 16.7 Å². The van der Waals surface area contributed by atoms with Crippen LogP contribution in [0.25, 0.3) is 0 Å². The summed E-state index contributed by atoms with van der Waals surface area (Å²) in [5, 5.41) is 4.97. The number of carbonyl (C=O) groups excluding carboxylic acids is 4. The van der Waals surface area contributed by atoms with Crippen molar-refractivity contribution in [3.63, 3.8) is 0 Å². The summed E-state index contributed by atoms with van der Waals surface area (Å²) in [6, 6.07) is 0. The monoisotopic (exact) mass is 671 g/mol. The van der Waals surface area contributed by atoms with Crippen molar-refractivity contribution in [1.82, 2.24) is 15.5 Å². The zero-order valence-electron chi connectivity index (χ0n) is 27.1. The zero-order chi connectivity index (χ0) is 33.4. The van der Waals surface area contributed by atoms with Crippen LogP contribution in [-0.2, 0) is 33.3 Å². The fraction of sp³-hybridized carbons (Fsp3) is 0.543. The smallest absolute Gasteiger partial charge is 0.407 e. The van der Waals surface area contributed by atoms with Crippen molar-refractivity contribution in [2.45, 2.75) is 62.7 Å². The molecule has 2 atom stereocenters. The second-order valence-electron chi connectivity index (χ2n) is 11.0. The van der Waals surface area contributed by atoms with Gasteiger partial charge >= 0.3 is 6.09 Å². The lowest BCUT2D eigenvalue weighted by Gasteiger charge is -2.18. The molecule has 4 amide bonds. The molecule has 0 aromatic heterocycles. The van der Waals surface area contributed by atoms with Gasteiger partial charge in [0.05, 0.1) is 44.9 Å². The van der Waals surface area contributed by atoms with Crippen molar-refractivity contribution in [3.05, 3.63) is 71.7 Å². The Morgan fingerprint density at radius 1 is 0.809 bits per heavy atom. The minimum atomic E-state index is -0.494. The number of hydrogen-bond acceptors (Lipinski definition) is 9. The highest BCUT2D eigenvalue weighted by molar-refractivity contribution is 8.04. The lowest BCUT2D eigenvalue weighted by Crippen LogP contribution is -2.36. The summed E-state index contributed by atoms with van der Waals surface area (Å²) < 4.78 is 21.9. The zero-order valence-corrected chi connectivity index (χ0v) is 28.0. The van der Waals surface area contributed by atoms with Crippen molar-refractivity contribution in [2.24, 2.45) is 0 Å². The van der Waals surface area contributed by atoms with E-state index in [4.69, 9.17) is 18.9 Å². The van der Waals surface area contributed by atoms with E-state index in [-0.39, 0.29) is 43.2 Å². The number of likely N-dealkylation sites (tertiary alicyclic amines) is 1. The van der Waals surface area contributed by atoms with Crippen molar-refractivity contribution < 1.29 is 38.1 Å². The first kappa shape index (κ1) is 38.0. The van der Waals surface area contributed by atoms with Gasteiger partial charge in [-0.15, -0.1) is 11.8 Å². The Kier molecular flexibility index (Phi) is 19.2. The Balaban J connectivity index is 1.14. The molecule has 3 rings (SSSR count). The highest BCUT2D eigenvalue weighted by Crippen LogP contribution is 2.32. The first-order chi connectivity index (χ1) is 23.0. The van der Waals surface area contributed by atoms with Gasteiger partial charge < -0.3 is 29.6 Å². The third kappa shape index (κ3) is 16.8. The van der Waals surface area contributed by atoms with E-state index in [2.05, 4.69) is 22.8 Å². The molecule has 12 heteroatoms.